The lowest BCUT2D eigenvalue weighted by Gasteiger charge is -2.38. The van der Waals surface area contributed by atoms with Crippen molar-refractivity contribution in [3.8, 4) is 0 Å². The largest absolute Gasteiger partial charge is 0.351 e. The van der Waals surface area contributed by atoms with Crippen LogP contribution in [0.3, 0.4) is 0 Å². The van der Waals surface area contributed by atoms with Crippen LogP contribution in [-0.2, 0) is 14.4 Å². The van der Waals surface area contributed by atoms with E-state index in [1.165, 1.54) is 12.3 Å². The molecule has 2 N–H and O–H groups in total. The first-order chi connectivity index (χ1) is 15.6. The molecule has 2 aromatic rings. The van der Waals surface area contributed by atoms with Crippen molar-refractivity contribution in [3.05, 3.63) is 59.1 Å². The predicted molar refractivity (Wildman–Crippen MR) is 113 cm³/mol. The maximum atomic E-state index is 13.4. The summed E-state index contributed by atoms with van der Waals surface area (Å²) in [6, 6.07) is 4.29. The van der Waals surface area contributed by atoms with Gasteiger partial charge in [-0.15, -0.1) is 0 Å². The lowest BCUT2D eigenvalue weighted by atomic mass is 9.87. The average molecular weight is 481 g/mol. The molecule has 0 radical (unpaired) electrons. The molecule has 11 heteroatoms. The van der Waals surface area contributed by atoms with Crippen molar-refractivity contribution in [2.45, 2.75) is 49.7 Å². The molecule has 2 heterocycles. The first-order valence-electron chi connectivity index (χ1n) is 10.3. The number of anilines is 1. The second kappa shape index (κ2) is 9.01. The van der Waals surface area contributed by atoms with Crippen molar-refractivity contribution < 1.29 is 27.6 Å². The van der Waals surface area contributed by atoms with Crippen LogP contribution in [0.15, 0.2) is 42.7 Å². The SMILES string of the molecule is O=C(Nc1cncc(F)c1)C1CCC(=O)N1[C@H](C(=O)NC1CC(F)(F)C1)c1ccccc1Cl. The fraction of sp³-hybridized carbons (Fsp3) is 0.364. The standard InChI is InChI=1S/C22H20ClF3N4O3/c23-16-4-2-1-3-15(16)19(21(33)29-14-8-22(25,26)9-14)30-17(5-6-18(30)31)20(32)28-13-7-12(24)10-27-11-13/h1-4,7,10-11,14,17,19H,5-6,8-9H2,(H,28,32)(H,29,33)/t17?,19-/m0/s1. The number of amides is 3. The third kappa shape index (κ3) is 4.95. The number of pyridine rings is 1. The zero-order valence-corrected chi connectivity index (χ0v) is 18.0. The number of benzene rings is 1. The van der Waals surface area contributed by atoms with Gasteiger partial charge in [0.15, 0.2) is 0 Å². The van der Waals surface area contributed by atoms with Crippen molar-refractivity contribution in [2.75, 3.05) is 5.32 Å². The zero-order chi connectivity index (χ0) is 23.8. The summed E-state index contributed by atoms with van der Waals surface area (Å²) < 4.78 is 40.0. The fourth-order valence-corrected chi connectivity index (χ4v) is 4.39. The lowest BCUT2D eigenvalue weighted by Crippen LogP contribution is -2.55. The van der Waals surface area contributed by atoms with Crippen LogP contribution in [0.4, 0.5) is 18.9 Å². The molecule has 1 saturated heterocycles. The Morgan fingerprint density at radius 3 is 2.61 bits per heavy atom. The Bertz CT molecular complexity index is 1090. The summed E-state index contributed by atoms with van der Waals surface area (Å²) in [5.41, 5.74) is 0.359. The fourth-order valence-electron chi connectivity index (χ4n) is 4.15. The molecule has 2 aliphatic rings. The van der Waals surface area contributed by atoms with Gasteiger partial charge in [0.1, 0.15) is 17.9 Å². The minimum Gasteiger partial charge on any atom is -0.351 e. The number of rotatable bonds is 6. The van der Waals surface area contributed by atoms with Crippen LogP contribution in [0.1, 0.15) is 37.3 Å². The van der Waals surface area contributed by atoms with Gasteiger partial charge in [0.2, 0.25) is 17.7 Å². The van der Waals surface area contributed by atoms with Gasteiger partial charge in [-0.2, -0.15) is 0 Å². The minimum atomic E-state index is -2.84. The van der Waals surface area contributed by atoms with Crippen LogP contribution in [0.2, 0.25) is 5.02 Å². The molecule has 2 atom stereocenters. The summed E-state index contributed by atoms with van der Waals surface area (Å²) in [6.45, 7) is 0. The summed E-state index contributed by atoms with van der Waals surface area (Å²) in [5.74, 6) is -5.30. The molecular formula is C22H20ClF3N4O3. The number of hydrogen-bond donors (Lipinski definition) is 2. The van der Waals surface area contributed by atoms with Crippen molar-refractivity contribution in [1.82, 2.24) is 15.2 Å². The highest BCUT2D eigenvalue weighted by Crippen LogP contribution is 2.39. The molecule has 174 valence electrons. The number of carbonyl (C=O) groups excluding carboxylic acids is 3. The van der Waals surface area contributed by atoms with E-state index < -0.39 is 60.4 Å². The van der Waals surface area contributed by atoms with Crippen LogP contribution in [0.5, 0.6) is 0 Å². The molecule has 1 aromatic heterocycles. The quantitative estimate of drug-likeness (QED) is 0.662. The number of halogens is 4. The number of likely N-dealkylation sites (tertiary alicyclic amines) is 1. The van der Waals surface area contributed by atoms with Crippen LogP contribution >= 0.6 is 11.6 Å². The summed E-state index contributed by atoms with van der Waals surface area (Å²) >= 11 is 6.30. The van der Waals surface area contributed by atoms with Crippen LogP contribution in [0.25, 0.3) is 0 Å². The van der Waals surface area contributed by atoms with Crippen molar-refractivity contribution in [2.24, 2.45) is 0 Å². The van der Waals surface area contributed by atoms with E-state index in [2.05, 4.69) is 15.6 Å². The molecule has 0 bridgehead atoms. The minimum absolute atomic E-state index is 0.00474. The number of carbonyl (C=O) groups is 3. The highest BCUT2D eigenvalue weighted by molar-refractivity contribution is 6.31. The second-order valence-corrected chi connectivity index (χ2v) is 8.54. The Balaban J connectivity index is 1.62. The molecule has 2 fully saturated rings. The van der Waals surface area contributed by atoms with E-state index in [0.29, 0.717) is 0 Å². The predicted octanol–water partition coefficient (Wildman–Crippen LogP) is 3.46. The van der Waals surface area contributed by atoms with Gasteiger partial charge in [-0.25, -0.2) is 13.2 Å². The molecule has 33 heavy (non-hydrogen) atoms. The Labute approximate surface area is 192 Å². The van der Waals surface area contributed by atoms with E-state index in [1.54, 1.807) is 18.2 Å². The van der Waals surface area contributed by atoms with Gasteiger partial charge >= 0.3 is 0 Å². The Kier molecular flexibility index (Phi) is 6.29. The van der Waals surface area contributed by atoms with Crippen LogP contribution in [0, 0.1) is 5.82 Å². The summed E-state index contributed by atoms with van der Waals surface area (Å²) in [7, 11) is 0. The molecule has 1 aliphatic carbocycles. The summed E-state index contributed by atoms with van der Waals surface area (Å²) in [6.07, 6.45) is 1.33. The number of aromatic nitrogens is 1. The van der Waals surface area contributed by atoms with Gasteiger partial charge in [-0.05, 0) is 12.5 Å². The van der Waals surface area contributed by atoms with E-state index in [0.717, 1.165) is 17.2 Å². The van der Waals surface area contributed by atoms with Gasteiger partial charge in [0, 0.05) is 42.0 Å². The number of alkyl halides is 2. The molecule has 7 nitrogen and oxygen atoms in total. The maximum absolute atomic E-state index is 13.4. The highest BCUT2D eigenvalue weighted by Gasteiger charge is 2.49. The van der Waals surface area contributed by atoms with Crippen molar-refractivity contribution in [3.63, 3.8) is 0 Å². The maximum Gasteiger partial charge on any atom is 0.252 e. The molecule has 0 spiro atoms. The van der Waals surface area contributed by atoms with E-state index in [-0.39, 0.29) is 29.1 Å². The molecule has 1 aromatic carbocycles. The molecule has 1 saturated carbocycles. The van der Waals surface area contributed by atoms with Gasteiger partial charge in [-0.1, -0.05) is 29.8 Å². The van der Waals surface area contributed by atoms with Gasteiger partial charge in [0.05, 0.1) is 18.1 Å². The first-order valence-corrected chi connectivity index (χ1v) is 10.7. The highest BCUT2D eigenvalue weighted by atomic mass is 35.5. The van der Waals surface area contributed by atoms with E-state index in [9.17, 15) is 27.6 Å². The van der Waals surface area contributed by atoms with E-state index in [1.807, 2.05) is 0 Å². The monoisotopic (exact) mass is 480 g/mol. The van der Waals surface area contributed by atoms with Gasteiger partial charge < -0.3 is 15.5 Å². The van der Waals surface area contributed by atoms with Crippen molar-refractivity contribution >= 4 is 35.0 Å². The molecule has 4 rings (SSSR count). The lowest BCUT2D eigenvalue weighted by molar-refractivity contribution is -0.145. The number of hydrogen-bond acceptors (Lipinski definition) is 4. The average Bonchev–Trinajstić information content (AvgIpc) is 3.10. The Morgan fingerprint density at radius 1 is 1.21 bits per heavy atom. The molecule has 3 amide bonds. The van der Waals surface area contributed by atoms with Gasteiger partial charge in [-0.3, -0.25) is 19.4 Å². The molecule has 1 unspecified atom stereocenters. The van der Waals surface area contributed by atoms with E-state index in [4.69, 9.17) is 11.6 Å². The Hall–Kier alpha value is -3.14. The Morgan fingerprint density at radius 2 is 1.94 bits per heavy atom. The first kappa shape index (κ1) is 23.0. The smallest absolute Gasteiger partial charge is 0.252 e. The number of nitrogens with zero attached hydrogens (tertiary/aromatic N) is 2. The summed E-state index contributed by atoms with van der Waals surface area (Å²) in [4.78, 5) is 43.8. The molecular weight excluding hydrogens is 461 g/mol. The van der Waals surface area contributed by atoms with Gasteiger partial charge in [0.25, 0.3) is 5.92 Å². The van der Waals surface area contributed by atoms with E-state index >= 15 is 0 Å². The summed E-state index contributed by atoms with van der Waals surface area (Å²) in [5, 5.41) is 5.24. The zero-order valence-electron chi connectivity index (χ0n) is 17.2. The normalized spacial score (nSPS) is 20.8. The number of nitrogens with one attached hydrogen (secondary N) is 2. The van der Waals surface area contributed by atoms with Crippen LogP contribution in [-0.4, -0.2) is 45.6 Å². The molecule has 1 aliphatic heterocycles. The third-order valence-electron chi connectivity index (χ3n) is 5.69. The second-order valence-electron chi connectivity index (χ2n) is 8.13. The van der Waals surface area contributed by atoms with Crippen molar-refractivity contribution in [1.29, 1.82) is 0 Å². The third-order valence-corrected chi connectivity index (χ3v) is 6.04. The van der Waals surface area contributed by atoms with Crippen LogP contribution < -0.4 is 10.6 Å². The topological polar surface area (TPSA) is 91.4 Å².